The summed E-state index contributed by atoms with van der Waals surface area (Å²) in [5.74, 6) is -0.474. The summed E-state index contributed by atoms with van der Waals surface area (Å²) in [7, 11) is 3.97. The monoisotopic (exact) mass is 306 g/mol. The maximum atomic E-state index is 13.2. The van der Waals surface area contributed by atoms with Gasteiger partial charge >= 0.3 is 0 Å². The first-order chi connectivity index (χ1) is 9.99. The van der Waals surface area contributed by atoms with E-state index in [1.54, 1.807) is 24.3 Å². The summed E-state index contributed by atoms with van der Waals surface area (Å²) >= 11 is 1.67. The summed E-state index contributed by atoms with van der Waals surface area (Å²) in [4.78, 5) is 15.4. The highest BCUT2D eigenvalue weighted by Gasteiger charge is 2.17. The van der Waals surface area contributed by atoms with Crippen molar-refractivity contribution in [2.24, 2.45) is 0 Å². The second-order valence-electron chi connectivity index (χ2n) is 5.17. The van der Waals surface area contributed by atoms with Gasteiger partial charge in [0.2, 0.25) is 0 Å². The fourth-order valence-electron chi connectivity index (χ4n) is 2.10. The lowest BCUT2D eigenvalue weighted by atomic mass is 10.1. The van der Waals surface area contributed by atoms with Gasteiger partial charge in [-0.2, -0.15) is 0 Å². The number of carbonyl (C=O) groups is 1. The van der Waals surface area contributed by atoms with Crippen molar-refractivity contribution < 1.29 is 9.18 Å². The molecule has 0 fully saturated rings. The third-order valence-corrected chi connectivity index (χ3v) is 4.34. The van der Waals surface area contributed by atoms with E-state index in [0.29, 0.717) is 17.7 Å². The first kappa shape index (κ1) is 15.7. The second kappa shape index (κ2) is 6.83. The highest BCUT2D eigenvalue weighted by atomic mass is 32.1. The van der Waals surface area contributed by atoms with Gasteiger partial charge in [-0.3, -0.25) is 4.79 Å². The minimum atomic E-state index is -0.295. The van der Waals surface area contributed by atoms with Gasteiger partial charge in [0, 0.05) is 17.0 Å². The molecule has 0 saturated heterocycles. The van der Waals surface area contributed by atoms with E-state index in [-0.39, 0.29) is 17.8 Å². The van der Waals surface area contributed by atoms with Crippen LogP contribution >= 0.6 is 11.3 Å². The molecule has 1 atom stereocenters. The van der Waals surface area contributed by atoms with Crippen LogP contribution in [0.25, 0.3) is 0 Å². The van der Waals surface area contributed by atoms with E-state index in [1.165, 1.54) is 17.0 Å². The van der Waals surface area contributed by atoms with Crippen LogP contribution in [0.4, 0.5) is 4.39 Å². The van der Waals surface area contributed by atoms with E-state index < -0.39 is 0 Å². The van der Waals surface area contributed by atoms with E-state index in [0.717, 1.165) is 0 Å². The molecule has 3 nitrogen and oxygen atoms in total. The highest BCUT2D eigenvalue weighted by molar-refractivity contribution is 7.10. The maximum Gasteiger partial charge on any atom is 0.251 e. The second-order valence-corrected chi connectivity index (χ2v) is 6.15. The number of hydrogen-bond acceptors (Lipinski definition) is 3. The van der Waals surface area contributed by atoms with Gasteiger partial charge in [0.25, 0.3) is 5.91 Å². The predicted molar refractivity (Wildman–Crippen MR) is 84.2 cm³/mol. The maximum absolute atomic E-state index is 13.2. The fourth-order valence-corrected chi connectivity index (χ4v) is 3.02. The molecule has 2 rings (SSSR count). The number of benzene rings is 1. The first-order valence-corrected chi connectivity index (χ1v) is 7.61. The van der Waals surface area contributed by atoms with Crippen molar-refractivity contribution in [3.05, 3.63) is 57.5 Å². The van der Waals surface area contributed by atoms with Crippen LogP contribution in [-0.4, -0.2) is 31.4 Å². The largest absolute Gasteiger partial charge is 0.350 e. The molecule has 1 aromatic carbocycles. The first-order valence-electron chi connectivity index (χ1n) is 6.73. The molecular formula is C16H19FN2OS. The minimum Gasteiger partial charge on any atom is -0.350 e. The summed E-state index contributed by atoms with van der Waals surface area (Å²) in [6.07, 6.45) is 0. The molecule has 0 radical (unpaired) electrons. The van der Waals surface area contributed by atoms with E-state index >= 15 is 0 Å². The summed E-state index contributed by atoms with van der Waals surface area (Å²) < 4.78 is 13.2. The third-order valence-electron chi connectivity index (χ3n) is 3.37. The smallest absolute Gasteiger partial charge is 0.251 e. The van der Waals surface area contributed by atoms with Crippen molar-refractivity contribution in [1.82, 2.24) is 10.2 Å². The third kappa shape index (κ3) is 3.89. The predicted octanol–water partition coefficient (Wildman–Crippen LogP) is 3.23. The SMILES string of the molecule is Cc1cc(C(=O)NCC(c2cccs2)N(C)C)ccc1F. The van der Waals surface area contributed by atoms with Gasteiger partial charge in [0.15, 0.2) is 0 Å². The van der Waals surface area contributed by atoms with Crippen LogP contribution in [0.3, 0.4) is 0 Å². The fraction of sp³-hybridized carbons (Fsp3) is 0.312. The Hall–Kier alpha value is -1.72. The number of aryl methyl sites for hydroxylation is 1. The molecule has 21 heavy (non-hydrogen) atoms. The Kier molecular flexibility index (Phi) is 5.09. The molecule has 1 aromatic heterocycles. The molecule has 1 heterocycles. The number of nitrogens with zero attached hydrogens (tertiary/aromatic N) is 1. The molecule has 1 N–H and O–H groups in total. The Balaban J connectivity index is 2.03. The number of thiophene rings is 1. The van der Waals surface area contributed by atoms with Gasteiger partial charge in [0.05, 0.1) is 6.04 Å². The van der Waals surface area contributed by atoms with Crippen LogP contribution < -0.4 is 5.32 Å². The lowest BCUT2D eigenvalue weighted by Gasteiger charge is -2.23. The zero-order valence-electron chi connectivity index (χ0n) is 12.4. The van der Waals surface area contributed by atoms with E-state index in [9.17, 15) is 9.18 Å². The molecule has 0 saturated carbocycles. The summed E-state index contributed by atoms with van der Waals surface area (Å²) in [6, 6.07) is 8.60. The van der Waals surface area contributed by atoms with Crippen LogP contribution in [0.15, 0.2) is 35.7 Å². The number of likely N-dealkylation sites (N-methyl/N-ethyl adjacent to an activating group) is 1. The van der Waals surface area contributed by atoms with Gasteiger partial charge in [-0.1, -0.05) is 6.07 Å². The topological polar surface area (TPSA) is 32.3 Å². The Labute approximate surface area is 128 Å². The summed E-state index contributed by atoms with van der Waals surface area (Å²) in [6.45, 7) is 2.17. The molecule has 0 aliphatic rings. The van der Waals surface area contributed by atoms with Crippen LogP contribution in [0.1, 0.15) is 26.8 Å². The molecule has 0 spiro atoms. The van der Waals surface area contributed by atoms with Crippen molar-refractivity contribution >= 4 is 17.2 Å². The molecule has 1 unspecified atom stereocenters. The van der Waals surface area contributed by atoms with Crippen molar-refractivity contribution in [2.75, 3.05) is 20.6 Å². The van der Waals surface area contributed by atoms with Crippen molar-refractivity contribution in [3.63, 3.8) is 0 Å². The Morgan fingerprint density at radius 2 is 2.14 bits per heavy atom. The molecule has 0 aliphatic carbocycles. The standard InChI is InChI=1S/C16H19FN2OS/c1-11-9-12(6-7-13(11)17)16(20)18-10-14(19(2)3)15-5-4-8-21-15/h4-9,14H,10H2,1-3H3,(H,18,20). The van der Waals surface area contributed by atoms with Gasteiger partial charge in [-0.05, 0) is 56.2 Å². The number of rotatable bonds is 5. The van der Waals surface area contributed by atoms with E-state index in [1.807, 2.05) is 25.5 Å². The Morgan fingerprint density at radius 3 is 2.71 bits per heavy atom. The van der Waals surface area contributed by atoms with E-state index in [4.69, 9.17) is 0 Å². The average Bonchev–Trinajstić information content (AvgIpc) is 2.95. The Morgan fingerprint density at radius 1 is 1.38 bits per heavy atom. The van der Waals surface area contributed by atoms with Gasteiger partial charge in [0.1, 0.15) is 5.82 Å². The number of halogens is 1. The molecule has 5 heteroatoms. The Bertz CT molecular complexity index is 611. The minimum absolute atomic E-state index is 0.135. The molecule has 0 bridgehead atoms. The van der Waals surface area contributed by atoms with Crippen LogP contribution in [0, 0.1) is 12.7 Å². The normalized spacial score (nSPS) is 12.4. The van der Waals surface area contributed by atoms with Crippen molar-refractivity contribution in [3.8, 4) is 0 Å². The zero-order valence-corrected chi connectivity index (χ0v) is 13.2. The van der Waals surface area contributed by atoms with Gasteiger partial charge in [-0.25, -0.2) is 4.39 Å². The molecule has 112 valence electrons. The number of nitrogens with one attached hydrogen (secondary N) is 1. The molecular weight excluding hydrogens is 287 g/mol. The lowest BCUT2D eigenvalue weighted by molar-refractivity contribution is 0.0942. The quantitative estimate of drug-likeness (QED) is 0.920. The van der Waals surface area contributed by atoms with Crippen LogP contribution in [0.2, 0.25) is 0 Å². The van der Waals surface area contributed by atoms with Crippen molar-refractivity contribution in [1.29, 1.82) is 0 Å². The van der Waals surface area contributed by atoms with Crippen LogP contribution in [-0.2, 0) is 0 Å². The zero-order chi connectivity index (χ0) is 15.4. The number of hydrogen-bond donors (Lipinski definition) is 1. The van der Waals surface area contributed by atoms with Crippen molar-refractivity contribution in [2.45, 2.75) is 13.0 Å². The molecule has 0 aliphatic heterocycles. The van der Waals surface area contributed by atoms with Crippen LogP contribution in [0.5, 0.6) is 0 Å². The van der Waals surface area contributed by atoms with Gasteiger partial charge < -0.3 is 10.2 Å². The van der Waals surface area contributed by atoms with Gasteiger partial charge in [-0.15, -0.1) is 11.3 Å². The highest BCUT2D eigenvalue weighted by Crippen LogP contribution is 2.22. The summed E-state index contributed by atoms with van der Waals surface area (Å²) in [5, 5.41) is 4.94. The number of amides is 1. The number of carbonyl (C=O) groups excluding carboxylic acids is 1. The average molecular weight is 306 g/mol. The van der Waals surface area contributed by atoms with E-state index in [2.05, 4.69) is 16.3 Å². The molecule has 2 aromatic rings. The summed E-state index contributed by atoms with van der Waals surface area (Å²) in [5.41, 5.74) is 0.961. The molecule has 1 amide bonds. The lowest BCUT2D eigenvalue weighted by Crippen LogP contribution is -2.34.